The molecule has 0 radical (unpaired) electrons. The zero-order valence-electron chi connectivity index (χ0n) is 11.8. The van der Waals surface area contributed by atoms with Crippen molar-refractivity contribution in [3.05, 3.63) is 71.0 Å². The largest absolute Gasteiger partial charge is 0.292 e. The van der Waals surface area contributed by atoms with E-state index in [4.69, 9.17) is 11.6 Å². The highest BCUT2D eigenvalue weighted by Crippen LogP contribution is 2.21. The van der Waals surface area contributed by atoms with Crippen LogP contribution in [-0.2, 0) is 0 Å². The van der Waals surface area contributed by atoms with E-state index in [9.17, 15) is 10.1 Å². The van der Waals surface area contributed by atoms with E-state index in [-0.39, 0.29) is 11.6 Å². The molecule has 0 aliphatic rings. The van der Waals surface area contributed by atoms with Crippen LogP contribution in [0.25, 0.3) is 5.69 Å². The van der Waals surface area contributed by atoms with Gasteiger partial charge in [0.25, 0.3) is 0 Å². The van der Waals surface area contributed by atoms with Gasteiger partial charge in [-0.2, -0.15) is 9.94 Å². The highest BCUT2D eigenvalue weighted by atomic mass is 35.5. The Morgan fingerprint density at radius 2 is 1.83 bits per heavy atom. The molecule has 1 atom stereocenters. The molecule has 0 aliphatic heterocycles. The number of hydrogen-bond donors (Lipinski definition) is 0. The Hall–Kier alpha value is -3.04. The van der Waals surface area contributed by atoms with Crippen LogP contribution in [0.3, 0.4) is 0 Å². The van der Waals surface area contributed by atoms with E-state index in [1.165, 1.54) is 4.68 Å². The second kappa shape index (κ2) is 6.38. The fourth-order valence-corrected chi connectivity index (χ4v) is 2.27. The van der Waals surface area contributed by atoms with Crippen LogP contribution in [0.15, 0.2) is 54.6 Å². The molecular formula is C16H10ClN5O. The standard InChI is InChI=1S/C16H10ClN5O/c17-12-6-8-13(9-7-12)22-16(19-20-21-22)14(10-18)15(23)11-4-2-1-3-5-11/h1-9,14H/t14-/m1/s1. The summed E-state index contributed by atoms with van der Waals surface area (Å²) in [7, 11) is 0. The topological polar surface area (TPSA) is 84.5 Å². The van der Waals surface area contributed by atoms with Gasteiger partial charge in [0.15, 0.2) is 17.5 Å². The highest BCUT2D eigenvalue weighted by molar-refractivity contribution is 6.30. The first-order valence-corrected chi connectivity index (χ1v) is 7.11. The molecule has 0 saturated carbocycles. The summed E-state index contributed by atoms with van der Waals surface area (Å²) in [5.41, 5.74) is 1.06. The van der Waals surface area contributed by atoms with Crippen LogP contribution in [0.1, 0.15) is 22.1 Å². The highest BCUT2D eigenvalue weighted by Gasteiger charge is 2.28. The number of Topliss-reactive ketones (excluding diaryl/α,β-unsaturated/α-hetero) is 1. The summed E-state index contributed by atoms with van der Waals surface area (Å²) in [5, 5.41) is 21.3. The molecule has 0 amide bonds. The summed E-state index contributed by atoms with van der Waals surface area (Å²) in [5.74, 6) is -1.27. The van der Waals surface area contributed by atoms with Gasteiger partial charge in [0, 0.05) is 10.6 Å². The predicted octanol–water partition coefficient (Wildman–Crippen LogP) is 2.81. The van der Waals surface area contributed by atoms with Crippen molar-refractivity contribution in [1.29, 1.82) is 5.26 Å². The Morgan fingerprint density at radius 1 is 1.13 bits per heavy atom. The number of hydrogen-bond acceptors (Lipinski definition) is 5. The summed E-state index contributed by atoms with van der Waals surface area (Å²) in [4.78, 5) is 12.6. The number of carbonyl (C=O) groups excluding carboxylic acids is 1. The number of nitrogens with zero attached hydrogens (tertiary/aromatic N) is 5. The van der Waals surface area contributed by atoms with Gasteiger partial charge in [-0.05, 0) is 34.7 Å². The summed E-state index contributed by atoms with van der Waals surface area (Å²) in [6, 6.07) is 17.4. The van der Waals surface area contributed by atoms with Crippen LogP contribution >= 0.6 is 11.6 Å². The molecule has 23 heavy (non-hydrogen) atoms. The number of nitriles is 1. The number of benzene rings is 2. The van der Waals surface area contributed by atoms with Crippen LogP contribution in [-0.4, -0.2) is 26.0 Å². The zero-order chi connectivity index (χ0) is 16.2. The van der Waals surface area contributed by atoms with E-state index in [0.29, 0.717) is 16.3 Å². The number of rotatable bonds is 4. The third-order valence-corrected chi connectivity index (χ3v) is 3.52. The maximum atomic E-state index is 12.6. The molecule has 6 nitrogen and oxygen atoms in total. The van der Waals surface area contributed by atoms with Crippen molar-refractivity contribution in [2.45, 2.75) is 5.92 Å². The average molecular weight is 324 g/mol. The minimum Gasteiger partial charge on any atom is -0.292 e. The SMILES string of the molecule is N#C[C@H](C(=O)c1ccccc1)c1nnnn1-c1ccc(Cl)cc1. The van der Waals surface area contributed by atoms with E-state index in [0.717, 1.165) is 0 Å². The van der Waals surface area contributed by atoms with Crippen LogP contribution in [0, 0.1) is 11.3 Å². The third kappa shape index (κ3) is 2.96. The summed E-state index contributed by atoms with van der Waals surface area (Å²) in [6.07, 6.45) is 0. The zero-order valence-corrected chi connectivity index (χ0v) is 12.6. The molecule has 0 bridgehead atoms. The van der Waals surface area contributed by atoms with Crippen LogP contribution < -0.4 is 0 Å². The fraction of sp³-hybridized carbons (Fsp3) is 0.0625. The molecule has 2 aromatic carbocycles. The maximum Gasteiger partial charge on any atom is 0.187 e. The van der Waals surface area contributed by atoms with Gasteiger partial charge in [-0.15, -0.1) is 5.10 Å². The molecule has 0 saturated heterocycles. The number of aromatic nitrogens is 4. The van der Waals surface area contributed by atoms with Crippen molar-refractivity contribution in [1.82, 2.24) is 20.2 Å². The third-order valence-electron chi connectivity index (χ3n) is 3.27. The maximum absolute atomic E-state index is 12.6. The quantitative estimate of drug-likeness (QED) is 0.689. The molecule has 3 aromatic rings. The Balaban J connectivity index is 2.01. The van der Waals surface area contributed by atoms with E-state index in [1.54, 1.807) is 54.6 Å². The van der Waals surface area contributed by atoms with Gasteiger partial charge in [-0.3, -0.25) is 4.79 Å². The lowest BCUT2D eigenvalue weighted by molar-refractivity contribution is 0.0975. The molecule has 112 valence electrons. The number of halogens is 1. The van der Waals surface area contributed by atoms with Gasteiger partial charge in [0.05, 0.1) is 11.8 Å². The van der Waals surface area contributed by atoms with Crippen molar-refractivity contribution in [3.63, 3.8) is 0 Å². The first-order valence-electron chi connectivity index (χ1n) is 6.74. The van der Waals surface area contributed by atoms with Gasteiger partial charge < -0.3 is 0 Å². The number of tetrazole rings is 1. The second-order valence-electron chi connectivity index (χ2n) is 4.72. The Morgan fingerprint density at radius 3 is 2.48 bits per heavy atom. The Labute approximate surface area is 136 Å². The van der Waals surface area contributed by atoms with Crippen molar-refractivity contribution < 1.29 is 4.79 Å². The van der Waals surface area contributed by atoms with Crippen molar-refractivity contribution in [3.8, 4) is 11.8 Å². The predicted molar refractivity (Wildman–Crippen MR) is 83.3 cm³/mol. The lowest BCUT2D eigenvalue weighted by Gasteiger charge is -2.09. The van der Waals surface area contributed by atoms with E-state index >= 15 is 0 Å². The number of ketones is 1. The molecule has 0 aliphatic carbocycles. The first kappa shape index (κ1) is 14.9. The molecule has 0 fully saturated rings. The van der Waals surface area contributed by atoms with Gasteiger partial charge in [-0.25, -0.2) is 0 Å². The second-order valence-corrected chi connectivity index (χ2v) is 5.15. The molecule has 1 aromatic heterocycles. The molecule has 0 spiro atoms. The smallest absolute Gasteiger partial charge is 0.187 e. The molecule has 1 heterocycles. The van der Waals surface area contributed by atoms with Gasteiger partial charge in [0.2, 0.25) is 0 Å². The molecular weight excluding hydrogens is 314 g/mol. The first-order chi connectivity index (χ1) is 11.2. The van der Waals surface area contributed by atoms with Crippen LogP contribution in [0.4, 0.5) is 0 Å². The van der Waals surface area contributed by atoms with Gasteiger partial charge >= 0.3 is 0 Å². The fourth-order valence-electron chi connectivity index (χ4n) is 2.14. The van der Waals surface area contributed by atoms with E-state index in [1.807, 2.05) is 6.07 Å². The monoisotopic (exact) mass is 323 g/mol. The molecule has 0 unspecified atom stereocenters. The van der Waals surface area contributed by atoms with Crippen molar-refractivity contribution in [2.75, 3.05) is 0 Å². The van der Waals surface area contributed by atoms with Crippen LogP contribution in [0.5, 0.6) is 0 Å². The van der Waals surface area contributed by atoms with Crippen LogP contribution in [0.2, 0.25) is 5.02 Å². The minimum absolute atomic E-state index is 0.170. The summed E-state index contributed by atoms with van der Waals surface area (Å²) >= 11 is 5.87. The van der Waals surface area contributed by atoms with Gasteiger partial charge in [0.1, 0.15) is 0 Å². The van der Waals surface area contributed by atoms with Gasteiger partial charge in [-0.1, -0.05) is 41.9 Å². The molecule has 3 rings (SSSR count). The molecule has 0 N–H and O–H groups in total. The van der Waals surface area contributed by atoms with Crippen molar-refractivity contribution >= 4 is 17.4 Å². The lowest BCUT2D eigenvalue weighted by Crippen LogP contribution is -2.16. The lowest BCUT2D eigenvalue weighted by atomic mass is 9.98. The van der Waals surface area contributed by atoms with E-state index < -0.39 is 5.92 Å². The van der Waals surface area contributed by atoms with E-state index in [2.05, 4.69) is 15.5 Å². The minimum atomic E-state index is -1.09. The Bertz CT molecular complexity index is 867. The average Bonchev–Trinajstić information content (AvgIpc) is 3.06. The normalized spacial score (nSPS) is 11.7. The van der Waals surface area contributed by atoms with Crippen molar-refractivity contribution in [2.24, 2.45) is 0 Å². The molecule has 7 heteroatoms. The summed E-state index contributed by atoms with van der Waals surface area (Å²) < 4.78 is 1.37. The number of carbonyl (C=O) groups is 1. The Kier molecular flexibility index (Phi) is 4.13. The summed E-state index contributed by atoms with van der Waals surface area (Å²) in [6.45, 7) is 0.